The summed E-state index contributed by atoms with van der Waals surface area (Å²) in [5, 5.41) is 33.4. The van der Waals surface area contributed by atoms with Crippen LogP contribution >= 0.6 is 21.6 Å². The van der Waals surface area contributed by atoms with Gasteiger partial charge in [0.2, 0.25) is 35.4 Å². The molecule has 0 saturated carbocycles. The van der Waals surface area contributed by atoms with Gasteiger partial charge in [0.1, 0.15) is 30.2 Å². The summed E-state index contributed by atoms with van der Waals surface area (Å²) in [5.74, 6) is -7.74. The van der Waals surface area contributed by atoms with E-state index >= 15 is 0 Å². The van der Waals surface area contributed by atoms with Crippen molar-refractivity contribution < 1.29 is 48.6 Å². The molecule has 248 valence electrons. The van der Waals surface area contributed by atoms with Crippen LogP contribution in [-0.4, -0.2) is 111 Å². The van der Waals surface area contributed by atoms with Crippen molar-refractivity contribution in [2.45, 2.75) is 88.3 Å². The molecule has 1 saturated heterocycles. The molecule has 1 heterocycles. The number of nitrogens with one attached hydrogen (secondary N) is 6. The summed E-state index contributed by atoms with van der Waals surface area (Å²) in [7, 11) is 1.96. The molecule has 0 aromatic carbocycles. The fraction of sp³-hybridized carbons (Fsp3) is 0.680. The van der Waals surface area contributed by atoms with Crippen molar-refractivity contribution in [2.24, 2.45) is 5.73 Å². The standard InChI is InChI=1S/C25H41N7O10S2/c1-12-20(37)27-10-17(34)30-15(9-18(35)36)22(39)32-19(24(41)42)25(3,4)44-43-11-16(23(40)28-12)31-21(38)14(29-13(2)33)7-5-6-8-26/h12,14-16,19H,5-11,26H2,1-4H3,(H,27,37)(H,28,40)(H,29,33)(H,30,34)(H,31,38)(H,32,39)(H,35,36)(H,41,42)/t12-,14-,15-,16-,19-/m0/s1. The molecule has 0 radical (unpaired) electrons. The second-order valence-corrected chi connectivity index (χ2v) is 13.5. The fourth-order valence-corrected chi connectivity index (χ4v) is 6.68. The summed E-state index contributed by atoms with van der Waals surface area (Å²) in [6.07, 6.45) is 0.498. The van der Waals surface area contributed by atoms with Gasteiger partial charge in [-0.25, -0.2) is 4.79 Å². The zero-order valence-electron chi connectivity index (χ0n) is 24.9. The van der Waals surface area contributed by atoms with Crippen LogP contribution in [0.1, 0.15) is 53.4 Å². The van der Waals surface area contributed by atoms with E-state index in [1.165, 1.54) is 27.7 Å². The van der Waals surface area contributed by atoms with Crippen molar-refractivity contribution in [3.63, 3.8) is 0 Å². The number of carboxylic acid groups (broad SMARTS) is 2. The SMILES string of the molecule is CC(=O)N[C@@H](CCCCN)C(=O)N[C@H]1CSSC(C)(C)[C@H](C(=O)O)NC(=O)[C@H](CC(=O)O)NC(=O)CNC(=O)[C@H](C)NC1=O. The molecule has 5 atom stereocenters. The number of hydrogen-bond acceptors (Lipinski definition) is 11. The Kier molecular flexibility index (Phi) is 16.0. The maximum absolute atomic E-state index is 13.2. The van der Waals surface area contributed by atoms with Gasteiger partial charge in [-0.3, -0.25) is 33.6 Å². The maximum atomic E-state index is 13.2. The highest BCUT2D eigenvalue weighted by Crippen LogP contribution is 2.38. The summed E-state index contributed by atoms with van der Waals surface area (Å²) in [6, 6.07) is -6.65. The van der Waals surface area contributed by atoms with Gasteiger partial charge in [-0.15, -0.1) is 0 Å². The van der Waals surface area contributed by atoms with Crippen LogP contribution in [0.2, 0.25) is 0 Å². The summed E-state index contributed by atoms with van der Waals surface area (Å²) in [6.45, 7) is 5.23. The number of rotatable bonds is 10. The summed E-state index contributed by atoms with van der Waals surface area (Å²) < 4.78 is -1.27. The average molecular weight is 664 g/mol. The van der Waals surface area contributed by atoms with Gasteiger partial charge in [-0.05, 0) is 46.6 Å². The molecule has 1 aliphatic heterocycles. The minimum Gasteiger partial charge on any atom is -0.481 e. The number of carboxylic acids is 2. The van der Waals surface area contributed by atoms with Gasteiger partial charge in [0.05, 0.1) is 17.7 Å². The first-order valence-electron chi connectivity index (χ1n) is 13.7. The first kappa shape index (κ1) is 38.4. The number of carbonyl (C=O) groups excluding carboxylic acids is 6. The molecular weight excluding hydrogens is 622 g/mol. The molecule has 1 fully saturated rings. The Morgan fingerprint density at radius 1 is 1.02 bits per heavy atom. The Morgan fingerprint density at radius 2 is 1.68 bits per heavy atom. The third kappa shape index (κ3) is 13.4. The molecule has 0 aliphatic carbocycles. The van der Waals surface area contributed by atoms with Crippen LogP contribution in [0.25, 0.3) is 0 Å². The zero-order valence-corrected chi connectivity index (χ0v) is 26.5. The summed E-state index contributed by atoms with van der Waals surface area (Å²) >= 11 is 0. The van der Waals surface area contributed by atoms with Gasteiger partial charge < -0.3 is 47.8 Å². The van der Waals surface area contributed by atoms with Crippen molar-refractivity contribution in [1.29, 1.82) is 0 Å². The normalized spacial score (nSPS) is 24.3. The van der Waals surface area contributed by atoms with Crippen LogP contribution in [0.3, 0.4) is 0 Å². The number of nitrogens with two attached hydrogens (primary N) is 1. The molecule has 10 N–H and O–H groups in total. The van der Waals surface area contributed by atoms with Gasteiger partial charge in [0, 0.05) is 12.7 Å². The summed E-state index contributed by atoms with van der Waals surface area (Å²) in [5.41, 5.74) is 5.52. The van der Waals surface area contributed by atoms with Crippen LogP contribution in [0.5, 0.6) is 0 Å². The van der Waals surface area contributed by atoms with Gasteiger partial charge >= 0.3 is 11.9 Å². The maximum Gasteiger partial charge on any atom is 0.327 e. The molecule has 0 bridgehead atoms. The monoisotopic (exact) mass is 663 g/mol. The van der Waals surface area contributed by atoms with Crippen molar-refractivity contribution >= 4 is 69.0 Å². The Balaban J connectivity index is 3.35. The lowest BCUT2D eigenvalue weighted by Gasteiger charge is -2.32. The molecule has 1 rings (SSSR count). The first-order chi connectivity index (χ1) is 20.5. The quantitative estimate of drug-likeness (QED) is 0.0860. The Morgan fingerprint density at radius 3 is 2.25 bits per heavy atom. The average Bonchev–Trinajstić information content (AvgIpc) is 2.91. The molecule has 6 amide bonds. The van der Waals surface area contributed by atoms with Gasteiger partial charge in [0.25, 0.3) is 0 Å². The van der Waals surface area contributed by atoms with E-state index in [0.29, 0.717) is 19.4 Å². The molecular formula is C25H41N7O10S2. The van der Waals surface area contributed by atoms with E-state index in [4.69, 9.17) is 5.73 Å². The van der Waals surface area contributed by atoms with Gasteiger partial charge in [0.15, 0.2) is 0 Å². The van der Waals surface area contributed by atoms with Crippen LogP contribution in [0.4, 0.5) is 0 Å². The van der Waals surface area contributed by atoms with Crippen LogP contribution in [0.15, 0.2) is 0 Å². The highest BCUT2D eigenvalue weighted by atomic mass is 33.1. The van der Waals surface area contributed by atoms with Crippen molar-refractivity contribution in [3.05, 3.63) is 0 Å². The van der Waals surface area contributed by atoms with Crippen LogP contribution < -0.4 is 37.6 Å². The van der Waals surface area contributed by atoms with Gasteiger partial charge in [-0.1, -0.05) is 21.6 Å². The Hall–Kier alpha value is -3.58. The Bertz CT molecular complexity index is 1110. The van der Waals surface area contributed by atoms with E-state index in [0.717, 1.165) is 21.6 Å². The van der Waals surface area contributed by atoms with Crippen molar-refractivity contribution in [1.82, 2.24) is 31.9 Å². The molecule has 17 nitrogen and oxygen atoms in total. The first-order valence-corrected chi connectivity index (χ1v) is 16.0. The second kappa shape index (κ2) is 18.3. The van der Waals surface area contributed by atoms with Gasteiger partial charge in [-0.2, -0.15) is 0 Å². The molecule has 0 unspecified atom stereocenters. The number of amides is 6. The Labute approximate surface area is 262 Å². The largest absolute Gasteiger partial charge is 0.481 e. The van der Waals surface area contributed by atoms with Crippen LogP contribution in [0, 0.1) is 0 Å². The third-order valence-corrected chi connectivity index (χ3v) is 9.52. The third-order valence-electron chi connectivity index (χ3n) is 6.22. The highest BCUT2D eigenvalue weighted by molar-refractivity contribution is 8.77. The molecule has 19 heteroatoms. The van der Waals surface area contributed by atoms with E-state index in [1.807, 2.05) is 0 Å². The lowest BCUT2D eigenvalue weighted by atomic mass is 10.0. The van der Waals surface area contributed by atoms with Crippen molar-refractivity contribution in [2.75, 3.05) is 18.8 Å². The van der Waals surface area contributed by atoms with E-state index in [9.17, 15) is 48.6 Å². The predicted molar refractivity (Wildman–Crippen MR) is 161 cm³/mol. The molecule has 1 aliphatic rings. The smallest absolute Gasteiger partial charge is 0.327 e. The van der Waals surface area contributed by atoms with E-state index in [1.54, 1.807) is 0 Å². The minimum atomic E-state index is -1.65. The molecule has 0 aromatic rings. The molecule has 44 heavy (non-hydrogen) atoms. The minimum absolute atomic E-state index is 0.127. The number of carbonyl (C=O) groups is 8. The van der Waals surface area contributed by atoms with Crippen LogP contribution in [-0.2, 0) is 38.4 Å². The van der Waals surface area contributed by atoms with E-state index < -0.39 is 95.3 Å². The molecule has 0 spiro atoms. The zero-order chi connectivity index (χ0) is 33.6. The number of unbranched alkanes of at least 4 members (excludes halogenated alkanes) is 1. The number of hydrogen-bond donors (Lipinski definition) is 9. The lowest BCUT2D eigenvalue weighted by Crippen LogP contribution is -2.58. The summed E-state index contributed by atoms with van der Waals surface area (Å²) in [4.78, 5) is 99.5. The highest BCUT2D eigenvalue weighted by Gasteiger charge is 2.40. The van der Waals surface area contributed by atoms with E-state index in [-0.39, 0.29) is 12.2 Å². The van der Waals surface area contributed by atoms with E-state index in [2.05, 4.69) is 31.9 Å². The van der Waals surface area contributed by atoms with Crippen molar-refractivity contribution in [3.8, 4) is 0 Å². The fourth-order valence-electron chi connectivity index (χ4n) is 3.87. The number of aliphatic carboxylic acids is 2. The lowest BCUT2D eigenvalue weighted by molar-refractivity contribution is -0.144. The topological polar surface area (TPSA) is 275 Å². The second-order valence-electron chi connectivity index (χ2n) is 10.5. The predicted octanol–water partition coefficient (Wildman–Crippen LogP) is -2.57. The molecule has 0 aromatic heterocycles.